The number of para-hydroxylation sites is 1. The summed E-state index contributed by atoms with van der Waals surface area (Å²) in [7, 11) is 0. The number of benzene rings is 2. The van der Waals surface area contributed by atoms with Crippen LogP contribution in [0.4, 0.5) is 0 Å². The molecule has 1 aliphatic rings. The van der Waals surface area contributed by atoms with Gasteiger partial charge in [-0.05, 0) is 55.3 Å². The number of nitrogens with zero attached hydrogens (tertiary/aromatic N) is 3. The number of carbonyl (C=O) groups is 1. The SMILES string of the molecule is CCCCCCCN1C(=O)C(=Cc2cn(-c3ccccc3)nc2-c2ccc(OCCC)cc2)SC1=S. The fourth-order valence-electron chi connectivity index (χ4n) is 4.07. The third-order valence-corrected chi connectivity index (χ3v) is 7.39. The zero-order chi connectivity index (χ0) is 25.3. The summed E-state index contributed by atoms with van der Waals surface area (Å²) >= 11 is 6.94. The Labute approximate surface area is 223 Å². The predicted octanol–water partition coefficient (Wildman–Crippen LogP) is 7.50. The maximum Gasteiger partial charge on any atom is 0.266 e. The van der Waals surface area contributed by atoms with E-state index in [2.05, 4.69) is 13.8 Å². The molecule has 0 radical (unpaired) electrons. The Kier molecular flexibility index (Phi) is 9.36. The van der Waals surface area contributed by atoms with Crippen LogP contribution in [0.15, 0.2) is 65.7 Å². The Balaban J connectivity index is 1.61. The molecule has 0 bridgehead atoms. The summed E-state index contributed by atoms with van der Waals surface area (Å²) in [5.41, 5.74) is 3.61. The lowest BCUT2D eigenvalue weighted by atomic mass is 10.1. The third-order valence-electron chi connectivity index (χ3n) is 6.01. The average Bonchev–Trinajstić information content (AvgIpc) is 3.44. The first-order chi connectivity index (χ1) is 17.6. The van der Waals surface area contributed by atoms with Crippen LogP contribution in [0.1, 0.15) is 57.9 Å². The molecule has 2 aromatic carbocycles. The summed E-state index contributed by atoms with van der Waals surface area (Å²) in [6.45, 7) is 5.66. The van der Waals surface area contributed by atoms with E-state index in [0.29, 0.717) is 22.4 Å². The lowest BCUT2D eigenvalue weighted by molar-refractivity contribution is -0.122. The van der Waals surface area contributed by atoms with E-state index in [1.165, 1.54) is 31.0 Å². The summed E-state index contributed by atoms with van der Waals surface area (Å²) < 4.78 is 8.24. The molecule has 1 saturated heterocycles. The highest BCUT2D eigenvalue weighted by Gasteiger charge is 2.32. The van der Waals surface area contributed by atoms with Crippen molar-refractivity contribution in [3.63, 3.8) is 0 Å². The van der Waals surface area contributed by atoms with E-state index in [1.807, 2.05) is 71.6 Å². The van der Waals surface area contributed by atoms with Gasteiger partial charge in [-0.15, -0.1) is 0 Å². The van der Waals surface area contributed by atoms with Gasteiger partial charge in [0.05, 0.1) is 22.9 Å². The number of hydrogen-bond donors (Lipinski definition) is 0. The fourth-order valence-corrected chi connectivity index (χ4v) is 5.37. The molecule has 36 heavy (non-hydrogen) atoms. The Morgan fingerprint density at radius 3 is 2.44 bits per heavy atom. The summed E-state index contributed by atoms with van der Waals surface area (Å²) in [6.07, 6.45) is 10.6. The lowest BCUT2D eigenvalue weighted by Gasteiger charge is -2.13. The molecule has 0 atom stereocenters. The molecule has 3 aromatic rings. The molecular formula is C29H33N3O2S2. The molecule has 2 heterocycles. The van der Waals surface area contributed by atoms with E-state index in [-0.39, 0.29) is 5.91 Å². The highest BCUT2D eigenvalue weighted by molar-refractivity contribution is 8.26. The number of unbranched alkanes of at least 4 members (excludes halogenated alkanes) is 4. The van der Waals surface area contributed by atoms with Crippen molar-refractivity contribution in [1.29, 1.82) is 0 Å². The maximum absolute atomic E-state index is 13.2. The zero-order valence-corrected chi connectivity index (χ0v) is 22.6. The summed E-state index contributed by atoms with van der Waals surface area (Å²) in [5.74, 6) is 0.826. The molecule has 1 amide bonds. The quantitative estimate of drug-likeness (QED) is 0.141. The molecule has 0 aliphatic carbocycles. The fraction of sp³-hybridized carbons (Fsp3) is 0.345. The minimum absolute atomic E-state index is 0.0118. The Bertz CT molecular complexity index is 1200. The molecule has 4 rings (SSSR count). The molecule has 1 fully saturated rings. The van der Waals surface area contributed by atoms with Crippen LogP contribution in [0.2, 0.25) is 0 Å². The standard InChI is InChI=1S/C29H33N3O2S2/c1-3-5-6-7-11-18-31-28(33)26(36-29(31)35)20-23-21-32(24-12-9-8-10-13-24)30-27(23)22-14-16-25(17-15-22)34-19-4-2/h8-10,12-17,20-21H,3-7,11,18-19H2,1-2H3. The van der Waals surface area contributed by atoms with Crippen LogP contribution < -0.4 is 4.74 Å². The van der Waals surface area contributed by atoms with Crippen molar-refractivity contribution < 1.29 is 9.53 Å². The second-order valence-electron chi connectivity index (χ2n) is 8.83. The first-order valence-electron chi connectivity index (χ1n) is 12.7. The third kappa shape index (κ3) is 6.45. The van der Waals surface area contributed by atoms with E-state index in [0.717, 1.165) is 47.5 Å². The van der Waals surface area contributed by atoms with Crippen LogP contribution in [-0.4, -0.2) is 38.1 Å². The van der Waals surface area contributed by atoms with Crippen LogP contribution in [0, 0.1) is 0 Å². The Hall–Kier alpha value is -2.90. The van der Waals surface area contributed by atoms with Crippen molar-refractivity contribution in [1.82, 2.24) is 14.7 Å². The smallest absolute Gasteiger partial charge is 0.266 e. The number of carbonyl (C=O) groups excluding carboxylic acids is 1. The summed E-state index contributed by atoms with van der Waals surface area (Å²) in [5, 5.41) is 4.89. The topological polar surface area (TPSA) is 47.4 Å². The van der Waals surface area contributed by atoms with Crippen molar-refractivity contribution in [3.05, 3.63) is 71.3 Å². The second-order valence-corrected chi connectivity index (χ2v) is 10.5. The molecule has 1 aliphatic heterocycles. The van der Waals surface area contributed by atoms with Gasteiger partial charge in [0.1, 0.15) is 10.1 Å². The van der Waals surface area contributed by atoms with E-state index >= 15 is 0 Å². The largest absolute Gasteiger partial charge is 0.494 e. The molecule has 0 spiro atoms. The van der Waals surface area contributed by atoms with Crippen molar-refractivity contribution >= 4 is 40.3 Å². The molecule has 1 aromatic heterocycles. The van der Waals surface area contributed by atoms with Crippen LogP contribution in [0.25, 0.3) is 23.0 Å². The van der Waals surface area contributed by atoms with Gasteiger partial charge in [-0.3, -0.25) is 9.69 Å². The van der Waals surface area contributed by atoms with Crippen LogP contribution >= 0.6 is 24.0 Å². The van der Waals surface area contributed by atoms with Crippen LogP contribution in [0.3, 0.4) is 0 Å². The van der Waals surface area contributed by atoms with Crippen LogP contribution in [-0.2, 0) is 4.79 Å². The minimum Gasteiger partial charge on any atom is -0.494 e. The number of amides is 1. The number of hydrogen-bond acceptors (Lipinski definition) is 5. The highest BCUT2D eigenvalue weighted by atomic mass is 32.2. The average molecular weight is 520 g/mol. The van der Waals surface area contributed by atoms with Gasteiger partial charge in [0, 0.05) is 23.9 Å². The van der Waals surface area contributed by atoms with E-state index in [9.17, 15) is 4.79 Å². The number of thioether (sulfide) groups is 1. The molecule has 5 nitrogen and oxygen atoms in total. The zero-order valence-electron chi connectivity index (χ0n) is 21.0. The highest BCUT2D eigenvalue weighted by Crippen LogP contribution is 2.35. The molecular weight excluding hydrogens is 486 g/mol. The van der Waals surface area contributed by atoms with Crippen molar-refractivity contribution in [3.8, 4) is 22.7 Å². The van der Waals surface area contributed by atoms with Crippen molar-refractivity contribution in [2.45, 2.75) is 52.4 Å². The molecule has 0 unspecified atom stereocenters. The van der Waals surface area contributed by atoms with Gasteiger partial charge in [0.2, 0.25) is 0 Å². The minimum atomic E-state index is -0.0118. The maximum atomic E-state index is 13.2. The van der Waals surface area contributed by atoms with Gasteiger partial charge >= 0.3 is 0 Å². The normalized spacial score (nSPS) is 14.7. The Morgan fingerprint density at radius 1 is 0.972 bits per heavy atom. The van der Waals surface area contributed by atoms with Gasteiger partial charge in [-0.1, -0.05) is 81.7 Å². The molecule has 0 N–H and O–H groups in total. The van der Waals surface area contributed by atoms with E-state index in [1.54, 1.807) is 4.90 Å². The van der Waals surface area contributed by atoms with Gasteiger partial charge in [0.15, 0.2) is 0 Å². The first-order valence-corrected chi connectivity index (χ1v) is 14.0. The first kappa shape index (κ1) is 26.2. The van der Waals surface area contributed by atoms with E-state index in [4.69, 9.17) is 22.1 Å². The van der Waals surface area contributed by atoms with Crippen molar-refractivity contribution in [2.75, 3.05) is 13.2 Å². The van der Waals surface area contributed by atoms with Gasteiger partial charge in [0.25, 0.3) is 5.91 Å². The Morgan fingerprint density at radius 2 is 1.72 bits per heavy atom. The number of rotatable bonds is 12. The predicted molar refractivity (Wildman–Crippen MR) is 153 cm³/mol. The number of aromatic nitrogens is 2. The second kappa shape index (κ2) is 12.9. The van der Waals surface area contributed by atoms with Gasteiger partial charge in [-0.25, -0.2) is 4.68 Å². The van der Waals surface area contributed by atoms with E-state index < -0.39 is 0 Å². The molecule has 0 saturated carbocycles. The number of thiocarbonyl (C=S) groups is 1. The van der Waals surface area contributed by atoms with Crippen molar-refractivity contribution in [2.24, 2.45) is 0 Å². The van der Waals surface area contributed by atoms with Gasteiger partial charge < -0.3 is 4.74 Å². The summed E-state index contributed by atoms with van der Waals surface area (Å²) in [4.78, 5) is 15.6. The van der Waals surface area contributed by atoms with Gasteiger partial charge in [-0.2, -0.15) is 5.10 Å². The van der Waals surface area contributed by atoms with Crippen LogP contribution in [0.5, 0.6) is 5.75 Å². The molecule has 7 heteroatoms. The monoisotopic (exact) mass is 519 g/mol. The lowest BCUT2D eigenvalue weighted by Crippen LogP contribution is -2.29. The summed E-state index contributed by atoms with van der Waals surface area (Å²) in [6, 6.07) is 18.0. The molecule has 188 valence electrons. The number of ether oxygens (including phenoxy) is 1.